The van der Waals surface area contributed by atoms with Crippen molar-refractivity contribution < 1.29 is 14.3 Å². The van der Waals surface area contributed by atoms with Gasteiger partial charge in [-0.15, -0.1) is 11.3 Å². The highest BCUT2D eigenvalue weighted by molar-refractivity contribution is 7.14. The summed E-state index contributed by atoms with van der Waals surface area (Å²) < 4.78 is 5.32. The Balaban J connectivity index is 1.34. The number of urea groups is 1. The topological polar surface area (TPSA) is 53.1 Å². The highest BCUT2D eigenvalue weighted by Crippen LogP contribution is 2.29. The number of ether oxygens (including phenoxy) is 1. The van der Waals surface area contributed by atoms with Crippen LogP contribution in [-0.4, -0.2) is 79.1 Å². The minimum atomic E-state index is 0.0875. The predicted octanol–water partition coefficient (Wildman–Crippen LogP) is 2.62. The Labute approximate surface area is 165 Å². The SMILES string of the molecule is O=C(c1cc2c(s1)CCCCCC2)N1CCN(C(=O)N2CCOCC2)CC1. The first-order chi connectivity index (χ1) is 13.2. The van der Waals surface area contributed by atoms with E-state index in [1.54, 1.807) is 11.3 Å². The zero-order chi connectivity index (χ0) is 18.6. The van der Waals surface area contributed by atoms with Gasteiger partial charge >= 0.3 is 6.03 Å². The molecule has 0 atom stereocenters. The van der Waals surface area contributed by atoms with E-state index >= 15 is 0 Å². The number of morpholine rings is 1. The van der Waals surface area contributed by atoms with E-state index in [4.69, 9.17) is 4.74 Å². The van der Waals surface area contributed by atoms with Crippen molar-refractivity contribution in [3.05, 3.63) is 21.4 Å². The average Bonchev–Trinajstić information content (AvgIpc) is 3.09. The lowest BCUT2D eigenvalue weighted by molar-refractivity contribution is 0.0363. The summed E-state index contributed by atoms with van der Waals surface area (Å²) in [6, 6.07) is 2.23. The molecule has 0 spiro atoms. The van der Waals surface area contributed by atoms with Crippen LogP contribution in [0.15, 0.2) is 6.07 Å². The second-order valence-corrected chi connectivity index (χ2v) is 8.77. The number of fused-ring (bicyclic) bond motifs is 1. The predicted molar refractivity (Wildman–Crippen MR) is 105 cm³/mol. The van der Waals surface area contributed by atoms with Crippen LogP contribution in [0.1, 0.15) is 45.8 Å². The van der Waals surface area contributed by atoms with Gasteiger partial charge in [0.05, 0.1) is 18.1 Å². The number of amides is 3. The monoisotopic (exact) mass is 391 g/mol. The summed E-state index contributed by atoms with van der Waals surface area (Å²) in [5.74, 6) is 0.144. The lowest BCUT2D eigenvalue weighted by atomic mass is 10.00. The fourth-order valence-corrected chi connectivity index (χ4v) is 5.38. The number of piperazine rings is 1. The van der Waals surface area contributed by atoms with Crippen molar-refractivity contribution in [2.45, 2.75) is 38.5 Å². The number of hydrogen-bond donors (Lipinski definition) is 0. The molecule has 0 radical (unpaired) electrons. The van der Waals surface area contributed by atoms with Gasteiger partial charge in [-0.2, -0.15) is 0 Å². The Morgan fingerprint density at radius 3 is 2.19 bits per heavy atom. The van der Waals surface area contributed by atoms with Crippen molar-refractivity contribution in [2.24, 2.45) is 0 Å². The van der Waals surface area contributed by atoms with Gasteiger partial charge in [-0.3, -0.25) is 4.79 Å². The molecule has 27 heavy (non-hydrogen) atoms. The maximum absolute atomic E-state index is 13.0. The molecule has 0 bridgehead atoms. The minimum absolute atomic E-state index is 0.0875. The van der Waals surface area contributed by atoms with Crippen LogP contribution in [0.4, 0.5) is 4.79 Å². The second-order valence-electron chi connectivity index (χ2n) is 7.63. The van der Waals surface area contributed by atoms with E-state index in [-0.39, 0.29) is 11.9 Å². The summed E-state index contributed by atoms with van der Waals surface area (Å²) in [5.41, 5.74) is 1.39. The van der Waals surface area contributed by atoms with Crippen molar-refractivity contribution in [3.63, 3.8) is 0 Å². The molecule has 1 aromatic rings. The average molecular weight is 392 g/mol. The first-order valence-corrected chi connectivity index (χ1v) is 11.1. The summed E-state index contributed by atoms with van der Waals surface area (Å²) in [6.45, 7) is 5.05. The molecule has 3 aliphatic rings. The van der Waals surface area contributed by atoms with E-state index < -0.39 is 0 Å². The van der Waals surface area contributed by atoms with Crippen LogP contribution in [0.25, 0.3) is 0 Å². The molecule has 3 heterocycles. The van der Waals surface area contributed by atoms with E-state index in [1.165, 1.54) is 36.1 Å². The van der Waals surface area contributed by atoms with Gasteiger partial charge in [-0.1, -0.05) is 12.8 Å². The summed E-state index contributed by atoms with van der Waals surface area (Å²) in [6.07, 6.45) is 7.32. The number of hydrogen-bond acceptors (Lipinski definition) is 4. The van der Waals surface area contributed by atoms with Crippen LogP contribution in [0.2, 0.25) is 0 Å². The number of nitrogens with zero attached hydrogens (tertiary/aromatic N) is 3. The quantitative estimate of drug-likeness (QED) is 0.739. The van der Waals surface area contributed by atoms with Gasteiger partial charge in [0.15, 0.2) is 0 Å². The number of carbonyl (C=O) groups is 2. The zero-order valence-electron chi connectivity index (χ0n) is 16.0. The summed E-state index contributed by atoms with van der Waals surface area (Å²) in [7, 11) is 0. The molecule has 1 aromatic heterocycles. The van der Waals surface area contributed by atoms with Crippen LogP contribution in [0, 0.1) is 0 Å². The van der Waals surface area contributed by atoms with Gasteiger partial charge in [-0.05, 0) is 37.3 Å². The van der Waals surface area contributed by atoms with E-state index in [9.17, 15) is 9.59 Å². The van der Waals surface area contributed by atoms with Crippen LogP contribution in [0.5, 0.6) is 0 Å². The van der Waals surface area contributed by atoms with Crippen LogP contribution >= 0.6 is 11.3 Å². The largest absolute Gasteiger partial charge is 0.378 e. The zero-order valence-corrected chi connectivity index (χ0v) is 16.8. The van der Waals surface area contributed by atoms with Crippen molar-refractivity contribution in [2.75, 3.05) is 52.5 Å². The maximum Gasteiger partial charge on any atom is 0.320 e. The van der Waals surface area contributed by atoms with Crippen molar-refractivity contribution >= 4 is 23.3 Å². The molecule has 7 heteroatoms. The Hall–Kier alpha value is -1.60. The minimum Gasteiger partial charge on any atom is -0.378 e. The molecule has 2 fully saturated rings. The van der Waals surface area contributed by atoms with Gasteiger partial charge < -0.3 is 19.4 Å². The molecule has 148 valence electrons. The molecule has 3 amide bonds. The molecular weight excluding hydrogens is 362 g/mol. The van der Waals surface area contributed by atoms with Crippen LogP contribution < -0.4 is 0 Å². The number of thiophene rings is 1. The molecular formula is C20H29N3O3S. The Kier molecular flexibility index (Phi) is 5.98. The Bertz CT molecular complexity index is 651. The molecule has 4 rings (SSSR count). The van der Waals surface area contributed by atoms with E-state index in [1.807, 2.05) is 14.7 Å². The second kappa shape index (κ2) is 8.61. The summed E-state index contributed by atoms with van der Waals surface area (Å²) in [5, 5.41) is 0. The molecule has 0 saturated carbocycles. The fourth-order valence-electron chi connectivity index (χ4n) is 4.16. The van der Waals surface area contributed by atoms with Gasteiger partial charge in [0.25, 0.3) is 5.91 Å². The van der Waals surface area contributed by atoms with Crippen molar-refractivity contribution in [1.82, 2.24) is 14.7 Å². The van der Waals surface area contributed by atoms with E-state index in [0.717, 1.165) is 17.7 Å². The number of rotatable bonds is 1. The molecule has 0 unspecified atom stereocenters. The summed E-state index contributed by atoms with van der Waals surface area (Å²) in [4.78, 5) is 33.5. The molecule has 0 aromatic carbocycles. The van der Waals surface area contributed by atoms with Crippen molar-refractivity contribution in [3.8, 4) is 0 Å². The molecule has 2 aliphatic heterocycles. The summed E-state index contributed by atoms with van der Waals surface area (Å²) >= 11 is 1.70. The third-order valence-corrected chi connectivity index (χ3v) is 7.05. The molecule has 6 nitrogen and oxygen atoms in total. The molecule has 0 N–H and O–H groups in total. The maximum atomic E-state index is 13.0. The number of carbonyl (C=O) groups excluding carboxylic acids is 2. The lowest BCUT2D eigenvalue weighted by Gasteiger charge is -2.38. The highest BCUT2D eigenvalue weighted by atomic mass is 32.1. The van der Waals surface area contributed by atoms with Crippen molar-refractivity contribution in [1.29, 1.82) is 0 Å². The van der Waals surface area contributed by atoms with Gasteiger partial charge in [-0.25, -0.2) is 4.79 Å². The number of aryl methyl sites for hydroxylation is 2. The fraction of sp³-hybridized carbons (Fsp3) is 0.700. The highest BCUT2D eigenvalue weighted by Gasteiger charge is 2.29. The first-order valence-electron chi connectivity index (χ1n) is 10.2. The van der Waals surface area contributed by atoms with Crippen LogP contribution in [0.3, 0.4) is 0 Å². The van der Waals surface area contributed by atoms with E-state index in [0.29, 0.717) is 52.5 Å². The normalized spacial score (nSPS) is 21.4. The van der Waals surface area contributed by atoms with E-state index in [2.05, 4.69) is 6.07 Å². The first kappa shape index (κ1) is 18.7. The third kappa shape index (κ3) is 4.29. The van der Waals surface area contributed by atoms with Gasteiger partial charge in [0, 0.05) is 44.1 Å². The molecule has 2 saturated heterocycles. The van der Waals surface area contributed by atoms with Gasteiger partial charge in [0.2, 0.25) is 0 Å². The Morgan fingerprint density at radius 2 is 1.44 bits per heavy atom. The Morgan fingerprint density at radius 1 is 0.815 bits per heavy atom. The standard InChI is InChI=1S/C20H29N3O3S/c24-19(18-15-16-5-3-1-2-4-6-17(16)27-18)21-7-9-22(10-8-21)20(25)23-11-13-26-14-12-23/h15H,1-14H2. The van der Waals surface area contributed by atoms with Gasteiger partial charge in [0.1, 0.15) is 0 Å². The smallest absolute Gasteiger partial charge is 0.320 e. The third-order valence-electron chi connectivity index (χ3n) is 5.83. The van der Waals surface area contributed by atoms with Crippen LogP contribution in [-0.2, 0) is 17.6 Å². The lowest BCUT2D eigenvalue weighted by Crippen LogP contribution is -2.55. The molecule has 1 aliphatic carbocycles.